The van der Waals surface area contributed by atoms with Gasteiger partial charge in [0.15, 0.2) is 0 Å². The summed E-state index contributed by atoms with van der Waals surface area (Å²) in [5.41, 5.74) is 0.835. The molecule has 1 atom stereocenters. The fourth-order valence-corrected chi connectivity index (χ4v) is 3.13. The van der Waals surface area contributed by atoms with Gasteiger partial charge in [-0.25, -0.2) is 9.48 Å². The Morgan fingerprint density at radius 2 is 2.33 bits per heavy atom. The summed E-state index contributed by atoms with van der Waals surface area (Å²) in [4.78, 5) is 14.7. The third kappa shape index (κ3) is 3.60. The maximum absolute atomic E-state index is 12.8. The maximum atomic E-state index is 12.8. The van der Waals surface area contributed by atoms with Crippen LogP contribution in [0.2, 0.25) is 0 Å². The van der Waals surface area contributed by atoms with Gasteiger partial charge in [-0.3, -0.25) is 5.32 Å². The van der Waals surface area contributed by atoms with Crippen LogP contribution >= 0.6 is 0 Å². The summed E-state index contributed by atoms with van der Waals surface area (Å²) in [5, 5.41) is 11.4. The summed E-state index contributed by atoms with van der Waals surface area (Å²) in [5.74, 6) is 1.52. The lowest BCUT2D eigenvalue weighted by Crippen LogP contribution is -2.41. The first-order valence-corrected chi connectivity index (χ1v) is 8.71. The first-order chi connectivity index (χ1) is 11.7. The molecule has 0 aromatic carbocycles. The number of aryl methyl sites for hydroxylation is 2. The van der Waals surface area contributed by atoms with E-state index in [0.29, 0.717) is 0 Å². The van der Waals surface area contributed by atoms with E-state index in [-0.39, 0.29) is 12.1 Å². The molecule has 1 N–H and O–H groups in total. The predicted octanol–water partition coefficient (Wildman–Crippen LogP) is 3.74. The molecule has 7 nitrogen and oxygen atoms in total. The minimum Gasteiger partial charge on any atom is -0.361 e. The van der Waals surface area contributed by atoms with Crippen molar-refractivity contribution in [2.75, 3.05) is 11.9 Å². The lowest BCUT2D eigenvalue weighted by molar-refractivity contribution is 0.159. The monoisotopic (exact) mass is 331 g/mol. The Bertz CT molecular complexity index is 678. The summed E-state index contributed by atoms with van der Waals surface area (Å²) in [7, 11) is 0. The van der Waals surface area contributed by atoms with Gasteiger partial charge in [0.2, 0.25) is 0 Å². The Balaban J connectivity index is 1.71. The van der Waals surface area contributed by atoms with Crippen molar-refractivity contribution in [3.05, 3.63) is 29.8 Å². The highest BCUT2D eigenvalue weighted by Gasteiger charge is 2.30. The Morgan fingerprint density at radius 1 is 1.46 bits per heavy atom. The third-order valence-corrected chi connectivity index (χ3v) is 4.43. The number of nitrogens with zero attached hydrogens (tertiary/aromatic N) is 4. The van der Waals surface area contributed by atoms with Gasteiger partial charge in [0.25, 0.3) is 0 Å². The number of hydrogen-bond donors (Lipinski definition) is 1. The summed E-state index contributed by atoms with van der Waals surface area (Å²) in [6, 6.07) is 3.64. The maximum Gasteiger partial charge on any atom is 0.323 e. The molecule has 130 valence electrons. The number of urea groups is 1. The molecular weight excluding hydrogens is 306 g/mol. The van der Waals surface area contributed by atoms with E-state index >= 15 is 0 Å². The lowest BCUT2D eigenvalue weighted by atomic mass is 9.99. The molecule has 0 radical (unpaired) electrons. The molecule has 2 amide bonds. The summed E-state index contributed by atoms with van der Waals surface area (Å²) in [6.45, 7) is 5.55. The number of hydrogen-bond acceptors (Lipinski definition) is 4. The fraction of sp³-hybridized carbons (Fsp3) is 0.588. The number of amides is 2. The van der Waals surface area contributed by atoms with Crippen LogP contribution in [-0.4, -0.2) is 32.4 Å². The van der Waals surface area contributed by atoms with E-state index in [1.54, 1.807) is 6.20 Å². The van der Waals surface area contributed by atoms with E-state index in [9.17, 15) is 4.79 Å². The smallest absolute Gasteiger partial charge is 0.323 e. The molecule has 1 fully saturated rings. The number of rotatable bonds is 5. The van der Waals surface area contributed by atoms with Crippen LogP contribution in [0.4, 0.5) is 10.6 Å². The number of unbranched alkanes of at least 4 members (excludes halogenated alkanes) is 1. The van der Waals surface area contributed by atoms with Crippen LogP contribution in [0.15, 0.2) is 22.9 Å². The number of anilines is 1. The largest absolute Gasteiger partial charge is 0.361 e. The molecule has 7 heteroatoms. The van der Waals surface area contributed by atoms with E-state index in [1.165, 1.54) is 0 Å². The van der Waals surface area contributed by atoms with Crippen LogP contribution in [0, 0.1) is 6.92 Å². The molecule has 3 rings (SSSR count). The van der Waals surface area contributed by atoms with E-state index < -0.39 is 0 Å². The van der Waals surface area contributed by atoms with Gasteiger partial charge in [-0.15, -0.1) is 0 Å². The van der Waals surface area contributed by atoms with Crippen molar-refractivity contribution in [3.8, 4) is 0 Å². The highest BCUT2D eigenvalue weighted by molar-refractivity contribution is 5.88. The number of piperidine rings is 1. The Kier molecular flexibility index (Phi) is 5.17. The third-order valence-electron chi connectivity index (χ3n) is 4.43. The average Bonchev–Trinajstić information content (AvgIpc) is 3.22. The molecule has 0 unspecified atom stereocenters. The molecule has 0 bridgehead atoms. The number of carbonyl (C=O) groups is 1. The molecule has 2 aromatic rings. The zero-order valence-electron chi connectivity index (χ0n) is 14.4. The first kappa shape index (κ1) is 16.5. The Morgan fingerprint density at radius 3 is 3.08 bits per heavy atom. The molecule has 0 saturated carbocycles. The number of aromatic nitrogens is 3. The van der Waals surface area contributed by atoms with Gasteiger partial charge in [-0.2, -0.15) is 5.10 Å². The summed E-state index contributed by atoms with van der Waals surface area (Å²) in [6.07, 6.45) is 6.86. The SMILES string of the molecule is CCCCn1nccc1NC(=O)N1CCCC[C@@H]1c1cc(C)on1. The van der Waals surface area contributed by atoms with Crippen LogP contribution in [-0.2, 0) is 6.54 Å². The lowest BCUT2D eigenvalue weighted by Gasteiger charge is -2.34. The quantitative estimate of drug-likeness (QED) is 0.905. The van der Waals surface area contributed by atoms with Crippen LogP contribution < -0.4 is 5.32 Å². The Labute approximate surface area is 142 Å². The van der Waals surface area contributed by atoms with Crippen molar-refractivity contribution < 1.29 is 9.32 Å². The highest BCUT2D eigenvalue weighted by Crippen LogP contribution is 2.31. The fourth-order valence-electron chi connectivity index (χ4n) is 3.13. The molecule has 0 spiro atoms. The summed E-state index contributed by atoms with van der Waals surface area (Å²) >= 11 is 0. The summed E-state index contributed by atoms with van der Waals surface area (Å²) < 4.78 is 7.04. The Hall–Kier alpha value is -2.31. The predicted molar refractivity (Wildman–Crippen MR) is 90.7 cm³/mol. The molecule has 3 heterocycles. The van der Waals surface area contributed by atoms with Gasteiger partial charge >= 0.3 is 6.03 Å². The van der Waals surface area contributed by atoms with Gasteiger partial charge < -0.3 is 9.42 Å². The minimum absolute atomic E-state index is 0.0248. The number of nitrogens with one attached hydrogen (secondary N) is 1. The number of likely N-dealkylation sites (tertiary alicyclic amines) is 1. The highest BCUT2D eigenvalue weighted by atomic mass is 16.5. The van der Waals surface area contributed by atoms with Crippen LogP contribution in [0.1, 0.15) is 56.5 Å². The zero-order valence-corrected chi connectivity index (χ0v) is 14.4. The van der Waals surface area contributed by atoms with Gasteiger partial charge in [0.05, 0.1) is 12.2 Å². The van der Waals surface area contributed by atoms with Crippen LogP contribution in [0.5, 0.6) is 0 Å². The van der Waals surface area contributed by atoms with Crippen molar-refractivity contribution in [1.29, 1.82) is 0 Å². The number of carbonyl (C=O) groups excluding carboxylic acids is 1. The van der Waals surface area contributed by atoms with Crippen molar-refractivity contribution >= 4 is 11.8 Å². The minimum atomic E-state index is -0.0985. The first-order valence-electron chi connectivity index (χ1n) is 8.71. The second-order valence-corrected chi connectivity index (χ2v) is 6.29. The molecule has 1 aliphatic rings. The van der Waals surface area contributed by atoms with Crippen molar-refractivity contribution in [2.45, 2.75) is 58.5 Å². The second kappa shape index (κ2) is 7.51. The van der Waals surface area contributed by atoms with Crippen molar-refractivity contribution in [2.24, 2.45) is 0 Å². The normalized spacial score (nSPS) is 17.9. The van der Waals surface area contributed by atoms with E-state index in [2.05, 4.69) is 22.5 Å². The molecule has 0 aliphatic carbocycles. The average molecular weight is 331 g/mol. The molecule has 1 saturated heterocycles. The van der Waals surface area contributed by atoms with Crippen molar-refractivity contribution in [3.63, 3.8) is 0 Å². The molecule has 24 heavy (non-hydrogen) atoms. The van der Waals surface area contributed by atoms with Gasteiger partial charge in [-0.1, -0.05) is 18.5 Å². The van der Waals surface area contributed by atoms with E-state index in [1.807, 2.05) is 28.6 Å². The zero-order chi connectivity index (χ0) is 16.9. The topological polar surface area (TPSA) is 76.2 Å². The van der Waals surface area contributed by atoms with Crippen LogP contribution in [0.3, 0.4) is 0 Å². The van der Waals surface area contributed by atoms with Gasteiger partial charge in [0.1, 0.15) is 17.3 Å². The van der Waals surface area contributed by atoms with E-state index in [0.717, 1.165) is 62.5 Å². The van der Waals surface area contributed by atoms with Gasteiger partial charge in [-0.05, 0) is 32.6 Å². The standard InChI is InChI=1S/C17H25N5O2/c1-3-4-11-22-16(8-9-18-22)19-17(23)21-10-6-5-7-15(21)14-12-13(2)24-20-14/h8-9,12,15H,3-7,10-11H2,1-2H3,(H,19,23)/t15-/m1/s1. The molecule has 1 aliphatic heterocycles. The van der Waals surface area contributed by atoms with E-state index in [4.69, 9.17) is 4.52 Å². The molecule has 2 aromatic heterocycles. The molecular formula is C17H25N5O2. The van der Waals surface area contributed by atoms with Crippen molar-refractivity contribution in [1.82, 2.24) is 19.8 Å². The second-order valence-electron chi connectivity index (χ2n) is 6.29. The van der Waals surface area contributed by atoms with Crippen LogP contribution in [0.25, 0.3) is 0 Å². The van der Waals surface area contributed by atoms with Gasteiger partial charge in [0, 0.05) is 25.2 Å².